The molecule has 1 N–H and O–H groups in total. The van der Waals surface area contributed by atoms with Crippen LogP contribution in [-0.2, 0) is 9.53 Å². The molecule has 4 nitrogen and oxygen atoms in total. The lowest BCUT2D eigenvalue weighted by atomic mass is 10.1. The number of hydrogen-bond acceptors (Lipinski definition) is 4. The van der Waals surface area contributed by atoms with Crippen molar-refractivity contribution in [2.45, 2.75) is 10.7 Å². The Morgan fingerprint density at radius 2 is 1.88 bits per heavy atom. The van der Waals surface area contributed by atoms with Crippen molar-refractivity contribution in [2.75, 3.05) is 12.4 Å². The van der Waals surface area contributed by atoms with Crippen molar-refractivity contribution in [3.8, 4) is 0 Å². The highest BCUT2D eigenvalue weighted by Gasteiger charge is 2.06. The number of thioether (sulfide) groups is 1. The molecule has 0 unspecified atom stereocenters. The Labute approximate surface area is 147 Å². The maximum Gasteiger partial charge on any atom is 0.337 e. The first-order chi connectivity index (χ1) is 12.0. The zero-order valence-corrected chi connectivity index (χ0v) is 14.1. The summed E-state index contributed by atoms with van der Waals surface area (Å²) < 4.78 is 29.3. The van der Waals surface area contributed by atoms with E-state index in [-0.39, 0.29) is 0 Å². The number of alkyl halides is 2. The summed E-state index contributed by atoms with van der Waals surface area (Å²) in [4.78, 5) is 23.6. The standard InChI is InChI=1S/C18H15F2NO3S/c1-24-17(23)13-8-5-12(6-9-13)7-10-16(22)21-14-3-2-4-15(11-14)25-18(19)20/h2-11,18H,1H3,(H,21,22)/b10-7+. The second-order valence-electron chi connectivity index (χ2n) is 4.84. The summed E-state index contributed by atoms with van der Waals surface area (Å²) in [7, 11) is 1.30. The van der Waals surface area contributed by atoms with E-state index in [0.29, 0.717) is 27.9 Å². The highest BCUT2D eigenvalue weighted by atomic mass is 32.2. The predicted octanol–water partition coefficient (Wildman–Crippen LogP) is 4.44. The second-order valence-corrected chi connectivity index (χ2v) is 5.91. The summed E-state index contributed by atoms with van der Waals surface area (Å²) in [5.74, 6) is -3.34. The highest BCUT2D eigenvalue weighted by Crippen LogP contribution is 2.27. The van der Waals surface area contributed by atoms with Gasteiger partial charge in [-0.15, -0.1) is 0 Å². The average molecular weight is 363 g/mol. The molecule has 0 fully saturated rings. The fourth-order valence-corrected chi connectivity index (χ4v) is 2.51. The molecule has 2 aromatic rings. The number of hydrogen-bond donors (Lipinski definition) is 1. The number of benzene rings is 2. The first kappa shape index (κ1) is 18.7. The maximum absolute atomic E-state index is 12.4. The molecule has 0 heterocycles. The van der Waals surface area contributed by atoms with E-state index in [0.717, 1.165) is 5.56 Å². The van der Waals surface area contributed by atoms with Crippen LogP contribution in [0.4, 0.5) is 14.5 Å². The molecule has 2 aromatic carbocycles. The normalized spacial score (nSPS) is 10.9. The van der Waals surface area contributed by atoms with E-state index < -0.39 is 17.6 Å². The third-order valence-corrected chi connectivity index (χ3v) is 3.79. The number of anilines is 1. The smallest absolute Gasteiger partial charge is 0.337 e. The molecule has 2 rings (SSSR count). The van der Waals surface area contributed by atoms with Gasteiger partial charge in [-0.2, -0.15) is 8.78 Å². The molecule has 130 valence electrons. The molecule has 0 spiro atoms. The zero-order valence-electron chi connectivity index (χ0n) is 13.2. The summed E-state index contributed by atoms with van der Waals surface area (Å²) in [5, 5.41) is 2.61. The molecule has 0 aliphatic carbocycles. The van der Waals surface area contributed by atoms with Gasteiger partial charge >= 0.3 is 5.97 Å². The Morgan fingerprint density at radius 1 is 1.16 bits per heavy atom. The molecule has 1 amide bonds. The van der Waals surface area contributed by atoms with Crippen LogP contribution in [0, 0.1) is 0 Å². The van der Waals surface area contributed by atoms with Gasteiger partial charge in [0.1, 0.15) is 0 Å². The van der Waals surface area contributed by atoms with E-state index >= 15 is 0 Å². The molecule has 0 aliphatic rings. The minimum atomic E-state index is -2.51. The van der Waals surface area contributed by atoms with Crippen LogP contribution >= 0.6 is 11.8 Å². The van der Waals surface area contributed by atoms with Gasteiger partial charge in [0, 0.05) is 16.7 Å². The number of amides is 1. The molecule has 25 heavy (non-hydrogen) atoms. The van der Waals surface area contributed by atoms with Crippen molar-refractivity contribution in [1.29, 1.82) is 0 Å². The van der Waals surface area contributed by atoms with E-state index in [1.807, 2.05) is 0 Å². The Bertz CT molecular complexity index is 776. The zero-order chi connectivity index (χ0) is 18.2. The van der Waals surface area contributed by atoms with E-state index in [9.17, 15) is 18.4 Å². The van der Waals surface area contributed by atoms with Crippen LogP contribution in [0.2, 0.25) is 0 Å². The second kappa shape index (κ2) is 8.98. The van der Waals surface area contributed by atoms with Gasteiger partial charge < -0.3 is 10.1 Å². The molecule has 0 radical (unpaired) electrons. The van der Waals surface area contributed by atoms with E-state index in [1.54, 1.807) is 48.5 Å². The van der Waals surface area contributed by atoms with Gasteiger partial charge in [0.25, 0.3) is 5.76 Å². The van der Waals surface area contributed by atoms with Gasteiger partial charge in [-0.25, -0.2) is 4.79 Å². The Hall–Kier alpha value is -2.67. The topological polar surface area (TPSA) is 55.4 Å². The molecule has 0 saturated carbocycles. The molecule has 0 aliphatic heterocycles. The monoisotopic (exact) mass is 363 g/mol. The third-order valence-electron chi connectivity index (χ3n) is 3.09. The molecule has 0 saturated heterocycles. The molecule has 0 aromatic heterocycles. The summed E-state index contributed by atoms with van der Waals surface area (Å²) in [6, 6.07) is 12.8. The number of rotatable bonds is 6. The number of halogens is 2. The Kier molecular flexibility index (Phi) is 6.71. The number of nitrogens with one attached hydrogen (secondary N) is 1. The van der Waals surface area contributed by atoms with Gasteiger partial charge in [0.05, 0.1) is 12.7 Å². The summed E-state index contributed by atoms with van der Waals surface area (Å²) in [6.45, 7) is 0. The van der Waals surface area contributed by atoms with Crippen LogP contribution in [0.5, 0.6) is 0 Å². The van der Waals surface area contributed by atoms with Crippen LogP contribution < -0.4 is 5.32 Å². The molecule has 0 bridgehead atoms. The van der Waals surface area contributed by atoms with Crippen molar-refractivity contribution in [3.63, 3.8) is 0 Å². The van der Waals surface area contributed by atoms with Crippen LogP contribution in [0.3, 0.4) is 0 Å². The first-order valence-corrected chi connectivity index (χ1v) is 8.08. The summed E-state index contributed by atoms with van der Waals surface area (Å²) in [6.07, 6.45) is 2.90. The van der Waals surface area contributed by atoms with Gasteiger partial charge in [-0.1, -0.05) is 30.0 Å². The predicted molar refractivity (Wildman–Crippen MR) is 93.7 cm³/mol. The summed E-state index contributed by atoms with van der Waals surface area (Å²) >= 11 is 0.415. The molecule has 0 atom stereocenters. The maximum atomic E-state index is 12.4. The van der Waals surface area contributed by atoms with Gasteiger partial charge in [-0.05, 0) is 42.0 Å². The largest absolute Gasteiger partial charge is 0.465 e. The number of esters is 1. The first-order valence-electron chi connectivity index (χ1n) is 7.20. The fourth-order valence-electron chi connectivity index (χ4n) is 1.95. The third kappa shape index (κ3) is 6.04. The van der Waals surface area contributed by atoms with Crippen molar-refractivity contribution < 1.29 is 23.1 Å². The Morgan fingerprint density at radius 3 is 2.52 bits per heavy atom. The molecule has 7 heteroatoms. The van der Waals surface area contributed by atoms with Gasteiger partial charge in [0.15, 0.2) is 0 Å². The fraction of sp³-hybridized carbons (Fsp3) is 0.111. The lowest BCUT2D eigenvalue weighted by Crippen LogP contribution is -2.07. The van der Waals surface area contributed by atoms with Crippen LogP contribution in [0.15, 0.2) is 59.5 Å². The number of ether oxygens (including phenoxy) is 1. The van der Waals surface area contributed by atoms with Crippen molar-refractivity contribution >= 4 is 35.4 Å². The van der Waals surface area contributed by atoms with Gasteiger partial charge in [-0.3, -0.25) is 4.79 Å². The minimum Gasteiger partial charge on any atom is -0.465 e. The average Bonchev–Trinajstić information content (AvgIpc) is 2.59. The van der Waals surface area contributed by atoms with Crippen molar-refractivity contribution in [1.82, 2.24) is 0 Å². The minimum absolute atomic E-state index is 0.371. The van der Waals surface area contributed by atoms with Crippen LogP contribution in [0.25, 0.3) is 6.08 Å². The SMILES string of the molecule is COC(=O)c1ccc(/C=C/C(=O)Nc2cccc(SC(F)F)c2)cc1. The lowest BCUT2D eigenvalue weighted by Gasteiger charge is -2.05. The molecular formula is C18H15F2NO3S. The quantitative estimate of drug-likeness (QED) is 0.468. The van der Waals surface area contributed by atoms with Crippen molar-refractivity contribution in [3.05, 3.63) is 65.7 Å². The Balaban J connectivity index is 1.97. The number of methoxy groups -OCH3 is 1. The van der Waals surface area contributed by atoms with E-state index in [2.05, 4.69) is 10.1 Å². The number of carbonyl (C=O) groups is 2. The lowest BCUT2D eigenvalue weighted by molar-refractivity contribution is -0.111. The molecular weight excluding hydrogens is 348 g/mol. The highest BCUT2D eigenvalue weighted by molar-refractivity contribution is 7.99. The van der Waals surface area contributed by atoms with E-state index in [1.165, 1.54) is 19.3 Å². The number of carbonyl (C=O) groups excluding carboxylic acids is 2. The summed E-state index contributed by atoms with van der Waals surface area (Å²) in [5.41, 5.74) is 1.57. The van der Waals surface area contributed by atoms with Gasteiger partial charge in [0.2, 0.25) is 5.91 Å². The van der Waals surface area contributed by atoms with Crippen LogP contribution in [0.1, 0.15) is 15.9 Å². The van der Waals surface area contributed by atoms with E-state index in [4.69, 9.17) is 0 Å². The van der Waals surface area contributed by atoms with Crippen LogP contribution in [-0.4, -0.2) is 24.7 Å². The van der Waals surface area contributed by atoms with Crippen molar-refractivity contribution in [2.24, 2.45) is 0 Å².